The number of aryl methyl sites for hydroxylation is 4. The number of nitrogens with one attached hydrogen (secondary N) is 4. The number of fused-ring (bicyclic) bond motifs is 8. The average Bonchev–Trinajstić information content (AvgIpc) is 3.51. The Morgan fingerprint density at radius 1 is 0.338 bits per heavy atom. The van der Waals surface area contributed by atoms with E-state index in [1.54, 1.807) is 0 Å². The summed E-state index contributed by atoms with van der Waals surface area (Å²) in [4.78, 5) is 25.0. The fraction of sp³-hybridized carbons (Fsp3) is 0.429. The number of aromatic nitrogens is 4. The minimum atomic E-state index is 0.932. The highest BCUT2D eigenvalue weighted by Crippen LogP contribution is 2.37. The molecule has 0 fully saturated rings. The maximum Gasteiger partial charge on any atom is 0.0726 e. The molecule has 4 aliphatic carbocycles. The van der Waals surface area contributed by atoms with E-state index < -0.39 is 0 Å². The van der Waals surface area contributed by atoms with Crippen molar-refractivity contribution in [2.75, 3.05) is 86.7 Å². The van der Waals surface area contributed by atoms with Gasteiger partial charge in [-0.05, 0) is 175 Å². The lowest BCUT2D eigenvalue weighted by molar-refractivity contribution is 0.300. The predicted octanol–water partition coefficient (Wildman–Crippen LogP) is 14.7. The van der Waals surface area contributed by atoms with Gasteiger partial charge >= 0.3 is 0 Å². The van der Waals surface area contributed by atoms with Crippen LogP contribution in [0.3, 0.4) is 0 Å². The monoisotopic (exact) mass is 1070 g/mol. The van der Waals surface area contributed by atoms with Crippen molar-refractivity contribution in [1.29, 1.82) is 0 Å². The summed E-state index contributed by atoms with van der Waals surface area (Å²) >= 11 is 0. The Kier molecular flexibility index (Phi) is 18.9. The molecule has 0 aliphatic heterocycles. The maximum absolute atomic E-state index is 4.99. The summed E-state index contributed by atoms with van der Waals surface area (Å²) in [7, 11) is 0. The van der Waals surface area contributed by atoms with Crippen LogP contribution in [0.1, 0.15) is 122 Å². The highest BCUT2D eigenvalue weighted by molar-refractivity contribution is 5.96. The molecule has 12 rings (SSSR count). The van der Waals surface area contributed by atoms with Gasteiger partial charge in [-0.2, -0.15) is 0 Å². The summed E-state index contributed by atoms with van der Waals surface area (Å²) in [5, 5.41) is 20.4. The molecule has 4 aromatic carbocycles. The Morgan fingerprint density at radius 3 is 0.825 bits per heavy atom. The fourth-order valence-electron chi connectivity index (χ4n) is 13.3. The molecule has 4 aromatic heterocycles. The summed E-state index contributed by atoms with van der Waals surface area (Å²) < 4.78 is 0. The summed E-state index contributed by atoms with van der Waals surface area (Å²) in [5.41, 5.74) is 20.8. The third-order valence-corrected chi connectivity index (χ3v) is 17.3. The highest BCUT2D eigenvalue weighted by Gasteiger charge is 2.22. The van der Waals surface area contributed by atoms with Crippen LogP contribution < -0.4 is 21.3 Å². The van der Waals surface area contributed by atoms with Gasteiger partial charge in [0.15, 0.2) is 0 Å². The van der Waals surface area contributed by atoms with Crippen molar-refractivity contribution < 1.29 is 0 Å². The Hall–Kier alpha value is -6.88. The molecule has 0 saturated heterocycles. The highest BCUT2D eigenvalue weighted by atomic mass is 15.1. The number of hydrogen-bond acceptors (Lipinski definition) is 10. The Balaban J connectivity index is 0.000000169. The van der Waals surface area contributed by atoms with Gasteiger partial charge in [-0.1, -0.05) is 84.9 Å². The second-order valence-corrected chi connectivity index (χ2v) is 22.8. The summed E-state index contributed by atoms with van der Waals surface area (Å²) in [6.07, 6.45) is 27.6. The lowest BCUT2D eigenvalue weighted by Crippen LogP contribution is -2.29. The van der Waals surface area contributed by atoms with Crippen LogP contribution >= 0.6 is 0 Å². The quantitative estimate of drug-likeness (QED) is 0.0345. The van der Waals surface area contributed by atoms with Crippen molar-refractivity contribution in [3.8, 4) is 0 Å². The summed E-state index contributed by atoms with van der Waals surface area (Å²) in [6.45, 7) is 18.1. The molecule has 4 aliphatic rings. The molecule has 10 heteroatoms. The lowest BCUT2D eigenvalue weighted by Gasteiger charge is -2.24. The second-order valence-electron chi connectivity index (χ2n) is 22.8. The van der Waals surface area contributed by atoms with Gasteiger partial charge in [0.05, 0.1) is 22.1 Å². The number of nitrogens with zero attached hydrogens (tertiary/aromatic N) is 6. The zero-order valence-electron chi connectivity index (χ0n) is 47.7. The molecule has 0 bridgehead atoms. The van der Waals surface area contributed by atoms with Gasteiger partial charge in [0.1, 0.15) is 0 Å². The molecule has 0 saturated carbocycles. The Labute approximate surface area is 476 Å². The second kappa shape index (κ2) is 27.5. The maximum atomic E-state index is 4.99. The molecule has 0 unspecified atom stereocenters. The van der Waals surface area contributed by atoms with Gasteiger partial charge in [0.2, 0.25) is 0 Å². The van der Waals surface area contributed by atoms with E-state index in [1.807, 2.05) is 12.2 Å². The predicted molar refractivity (Wildman–Crippen MR) is 339 cm³/mol. The first-order valence-corrected chi connectivity index (χ1v) is 30.9. The van der Waals surface area contributed by atoms with E-state index in [1.165, 1.54) is 141 Å². The minimum absolute atomic E-state index is 0.932. The van der Waals surface area contributed by atoms with Crippen LogP contribution in [0.25, 0.3) is 43.6 Å². The minimum Gasteiger partial charge on any atom is -0.384 e. The molecule has 4 heterocycles. The molecule has 10 nitrogen and oxygen atoms in total. The summed E-state index contributed by atoms with van der Waals surface area (Å²) in [6, 6.07) is 34.4. The van der Waals surface area contributed by atoms with Gasteiger partial charge in [-0.25, -0.2) is 0 Å². The first-order valence-electron chi connectivity index (χ1n) is 30.9. The van der Waals surface area contributed by atoms with Gasteiger partial charge in [-0.3, -0.25) is 29.7 Å². The molecule has 0 spiro atoms. The molecule has 0 amide bonds. The normalized spacial score (nSPS) is 14.7. The number of rotatable bonds is 24. The van der Waals surface area contributed by atoms with Crippen molar-refractivity contribution in [3.05, 3.63) is 167 Å². The van der Waals surface area contributed by atoms with E-state index in [-0.39, 0.29) is 0 Å². The van der Waals surface area contributed by atoms with Crippen LogP contribution in [-0.2, 0) is 51.4 Å². The van der Waals surface area contributed by atoms with Gasteiger partial charge in [-0.15, -0.1) is 13.2 Å². The van der Waals surface area contributed by atoms with E-state index in [4.69, 9.17) is 19.9 Å². The standard InChI is InChI=1S/2C35H43N5/c2*1-2-23-40(24-11-21-36-34-26-13-3-7-17-30(26)38-31-18-8-4-14-27(31)34)25-12-22-37-35-28-15-5-9-19-32(28)39-33-20-10-6-16-29(33)35/h2*2-3,5,7,9,13,15,17,19H,1,4,6,8,10-12,14,16,18,20-25H2,(H,36,38)(H,37,39). The topological polar surface area (TPSA) is 106 Å². The van der Waals surface area contributed by atoms with Crippen molar-refractivity contribution >= 4 is 66.4 Å². The molecule has 416 valence electrons. The van der Waals surface area contributed by atoms with Gasteiger partial charge < -0.3 is 21.3 Å². The van der Waals surface area contributed by atoms with E-state index in [0.29, 0.717) is 0 Å². The van der Waals surface area contributed by atoms with E-state index in [0.717, 1.165) is 165 Å². The number of para-hydroxylation sites is 4. The van der Waals surface area contributed by atoms with Crippen molar-refractivity contribution in [2.45, 2.75) is 128 Å². The van der Waals surface area contributed by atoms with E-state index >= 15 is 0 Å². The first-order chi connectivity index (χ1) is 39.6. The third kappa shape index (κ3) is 13.1. The van der Waals surface area contributed by atoms with Gasteiger partial charge in [0.25, 0.3) is 0 Å². The first kappa shape index (κ1) is 55.0. The zero-order chi connectivity index (χ0) is 54.3. The largest absolute Gasteiger partial charge is 0.384 e. The molecule has 0 atom stereocenters. The van der Waals surface area contributed by atoms with Crippen LogP contribution in [0.5, 0.6) is 0 Å². The SMILES string of the molecule is C=CCN(CCCNc1c2c(nc3ccccc13)CCCC2)CCCNc1c2c(nc3ccccc13)CCCC2.C=CCN(CCCNc1c2c(nc3ccccc13)CCCC2)CCCNc1c2c(nc3ccccc13)CCCC2. The number of anilines is 4. The average molecular weight is 1070 g/mol. The van der Waals surface area contributed by atoms with Gasteiger partial charge in [0, 0.05) is 133 Å². The molecular weight excluding hydrogens is 981 g/mol. The fourth-order valence-corrected chi connectivity index (χ4v) is 13.3. The van der Waals surface area contributed by atoms with E-state index in [9.17, 15) is 0 Å². The smallest absolute Gasteiger partial charge is 0.0726 e. The molecule has 4 N–H and O–H groups in total. The molecule has 0 radical (unpaired) electrons. The van der Waals surface area contributed by atoms with Crippen molar-refractivity contribution in [3.63, 3.8) is 0 Å². The molecular formula is C70H86N10. The number of hydrogen-bond donors (Lipinski definition) is 4. The zero-order valence-corrected chi connectivity index (χ0v) is 47.7. The molecule has 80 heavy (non-hydrogen) atoms. The summed E-state index contributed by atoms with van der Waals surface area (Å²) in [5.74, 6) is 0. The molecule has 8 aromatic rings. The number of benzene rings is 4. The van der Waals surface area contributed by atoms with Crippen molar-refractivity contribution in [1.82, 2.24) is 29.7 Å². The Bertz CT molecular complexity index is 2960. The van der Waals surface area contributed by atoms with E-state index in [2.05, 4.69) is 141 Å². The van der Waals surface area contributed by atoms with Crippen LogP contribution in [0.4, 0.5) is 22.7 Å². The van der Waals surface area contributed by atoms with Crippen LogP contribution in [0.15, 0.2) is 122 Å². The Morgan fingerprint density at radius 2 is 0.575 bits per heavy atom. The lowest BCUT2D eigenvalue weighted by atomic mass is 9.92. The van der Waals surface area contributed by atoms with Crippen LogP contribution in [0.2, 0.25) is 0 Å². The number of pyridine rings is 4. The van der Waals surface area contributed by atoms with Crippen molar-refractivity contribution in [2.24, 2.45) is 0 Å². The van der Waals surface area contributed by atoms with Crippen LogP contribution in [-0.4, -0.2) is 95.2 Å². The third-order valence-electron chi connectivity index (χ3n) is 17.3. The van der Waals surface area contributed by atoms with Crippen LogP contribution in [0, 0.1) is 0 Å².